The molecule has 0 unspecified atom stereocenters. The summed E-state index contributed by atoms with van der Waals surface area (Å²) in [5.74, 6) is 0.186. The summed E-state index contributed by atoms with van der Waals surface area (Å²) in [7, 11) is 0. The Kier molecular flexibility index (Phi) is 4.04. The van der Waals surface area contributed by atoms with Crippen LogP contribution in [0.3, 0.4) is 0 Å². The summed E-state index contributed by atoms with van der Waals surface area (Å²) in [6.07, 6.45) is 2.69. The molecule has 0 bridgehead atoms. The quantitative estimate of drug-likeness (QED) is 0.682. The van der Waals surface area contributed by atoms with E-state index in [4.69, 9.17) is 12.2 Å². The molecule has 1 fully saturated rings. The maximum absolute atomic E-state index is 12.1. The lowest BCUT2D eigenvalue weighted by molar-refractivity contribution is -0.122. The molecule has 0 aromatic heterocycles. The van der Waals surface area contributed by atoms with E-state index < -0.39 is 0 Å². The predicted molar refractivity (Wildman–Crippen MR) is 78.3 cm³/mol. The molecule has 1 amide bonds. The lowest BCUT2D eigenvalue weighted by Crippen LogP contribution is -2.28. The Morgan fingerprint density at radius 3 is 2.67 bits per heavy atom. The van der Waals surface area contributed by atoms with E-state index in [1.165, 1.54) is 11.8 Å². The number of phenolic OH excluding ortho intramolecular Hbond substituents is 1. The van der Waals surface area contributed by atoms with E-state index in [1.54, 1.807) is 35.2 Å². The predicted octanol–water partition coefficient (Wildman–Crippen LogP) is 3.00. The van der Waals surface area contributed by atoms with Crippen LogP contribution in [-0.4, -0.2) is 26.8 Å². The Hall–Kier alpha value is -1.33. The second-order valence-electron chi connectivity index (χ2n) is 3.92. The SMILES string of the molecule is CCCN1C(=O)/C(=C/c2ccc(O)cc2)SC1=S. The van der Waals surface area contributed by atoms with Gasteiger partial charge in [-0.1, -0.05) is 43.0 Å². The molecule has 1 aliphatic heterocycles. The van der Waals surface area contributed by atoms with Gasteiger partial charge in [-0.25, -0.2) is 0 Å². The number of hydrogen-bond acceptors (Lipinski definition) is 4. The highest BCUT2D eigenvalue weighted by Gasteiger charge is 2.30. The molecule has 0 atom stereocenters. The van der Waals surface area contributed by atoms with Crippen molar-refractivity contribution in [3.8, 4) is 5.75 Å². The highest BCUT2D eigenvalue weighted by Crippen LogP contribution is 2.32. The van der Waals surface area contributed by atoms with Gasteiger partial charge in [0.1, 0.15) is 10.1 Å². The van der Waals surface area contributed by atoms with Gasteiger partial charge in [-0.2, -0.15) is 0 Å². The molecule has 0 radical (unpaired) electrons. The van der Waals surface area contributed by atoms with Gasteiger partial charge in [-0.15, -0.1) is 0 Å². The Morgan fingerprint density at radius 1 is 1.39 bits per heavy atom. The van der Waals surface area contributed by atoms with Gasteiger partial charge in [-0.05, 0) is 30.2 Å². The van der Waals surface area contributed by atoms with Crippen molar-refractivity contribution in [2.75, 3.05) is 6.54 Å². The molecule has 18 heavy (non-hydrogen) atoms. The molecule has 94 valence electrons. The van der Waals surface area contributed by atoms with Crippen LogP contribution in [0.1, 0.15) is 18.9 Å². The van der Waals surface area contributed by atoms with Crippen LogP contribution in [0.15, 0.2) is 29.2 Å². The van der Waals surface area contributed by atoms with E-state index in [2.05, 4.69) is 0 Å². The highest BCUT2D eigenvalue weighted by molar-refractivity contribution is 8.26. The fourth-order valence-corrected chi connectivity index (χ4v) is 2.95. The second kappa shape index (κ2) is 5.54. The van der Waals surface area contributed by atoms with Gasteiger partial charge in [0.15, 0.2) is 0 Å². The number of benzene rings is 1. The molecule has 1 aromatic rings. The Balaban J connectivity index is 2.22. The van der Waals surface area contributed by atoms with Gasteiger partial charge in [0.05, 0.1) is 4.91 Å². The maximum atomic E-state index is 12.1. The molecule has 1 aliphatic rings. The number of thiocarbonyl (C=S) groups is 1. The number of carbonyl (C=O) groups excluding carboxylic acids is 1. The first kappa shape index (κ1) is 13.1. The van der Waals surface area contributed by atoms with Gasteiger partial charge in [0.25, 0.3) is 5.91 Å². The van der Waals surface area contributed by atoms with Crippen LogP contribution in [0.4, 0.5) is 0 Å². The minimum atomic E-state index is -0.0278. The van der Waals surface area contributed by atoms with E-state index in [-0.39, 0.29) is 11.7 Å². The zero-order valence-electron chi connectivity index (χ0n) is 9.92. The maximum Gasteiger partial charge on any atom is 0.266 e. The number of hydrogen-bond donors (Lipinski definition) is 1. The third-order valence-electron chi connectivity index (χ3n) is 2.51. The number of phenols is 1. The smallest absolute Gasteiger partial charge is 0.266 e. The number of nitrogens with zero attached hydrogens (tertiary/aromatic N) is 1. The topological polar surface area (TPSA) is 40.5 Å². The van der Waals surface area contributed by atoms with Crippen LogP contribution >= 0.6 is 24.0 Å². The third kappa shape index (κ3) is 2.73. The monoisotopic (exact) mass is 279 g/mol. The fraction of sp³-hybridized carbons (Fsp3) is 0.231. The third-order valence-corrected chi connectivity index (χ3v) is 3.89. The standard InChI is InChI=1S/C13H13NO2S2/c1-2-7-14-12(16)11(18-13(14)17)8-9-3-5-10(15)6-4-9/h3-6,8,15H,2,7H2,1H3/b11-8-. The van der Waals surface area contributed by atoms with Crippen molar-refractivity contribution >= 4 is 40.3 Å². The Bertz CT molecular complexity index is 508. The Labute approximate surface area is 115 Å². The van der Waals surface area contributed by atoms with Crippen molar-refractivity contribution in [1.82, 2.24) is 4.90 Å². The van der Waals surface area contributed by atoms with Gasteiger partial charge < -0.3 is 5.11 Å². The molecule has 1 N–H and O–H groups in total. The summed E-state index contributed by atoms with van der Waals surface area (Å²) in [5.41, 5.74) is 0.879. The van der Waals surface area contributed by atoms with Crippen LogP contribution in [0.2, 0.25) is 0 Å². The molecular formula is C13H13NO2S2. The molecule has 3 nitrogen and oxygen atoms in total. The Morgan fingerprint density at radius 2 is 2.06 bits per heavy atom. The lowest BCUT2D eigenvalue weighted by atomic mass is 10.2. The number of amides is 1. The van der Waals surface area contributed by atoms with Crippen LogP contribution < -0.4 is 0 Å². The minimum Gasteiger partial charge on any atom is -0.508 e. The number of carbonyl (C=O) groups is 1. The first-order chi connectivity index (χ1) is 8.61. The molecule has 0 aliphatic carbocycles. The van der Waals surface area contributed by atoms with Gasteiger partial charge in [0.2, 0.25) is 0 Å². The van der Waals surface area contributed by atoms with E-state index in [9.17, 15) is 9.90 Å². The molecule has 1 heterocycles. The number of thioether (sulfide) groups is 1. The molecule has 0 saturated carbocycles. The van der Waals surface area contributed by atoms with E-state index in [0.717, 1.165) is 12.0 Å². The summed E-state index contributed by atoms with van der Waals surface area (Å²) in [5, 5.41) is 9.20. The first-order valence-electron chi connectivity index (χ1n) is 5.66. The van der Waals surface area contributed by atoms with E-state index in [0.29, 0.717) is 15.8 Å². The second-order valence-corrected chi connectivity index (χ2v) is 5.60. The fourth-order valence-electron chi connectivity index (χ4n) is 1.64. The van der Waals surface area contributed by atoms with Crippen molar-refractivity contribution in [2.24, 2.45) is 0 Å². The summed E-state index contributed by atoms with van der Waals surface area (Å²) in [6.45, 7) is 2.68. The van der Waals surface area contributed by atoms with E-state index >= 15 is 0 Å². The van der Waals surface area contributed by atoms with Gasteiger partial charge >= 0.3 is 0 Å². The molecule has 2 rings (SSSR count). The highest BCUT2D eigenvalue weighted by atomic mass is 32.2. The van der Waals surface area contributed by atoms with Crippen LogP contribution in [-0.2, 0) is 4.79 Å². The average molecular weight is 279 g/mol. The molecule has 0 spiro atoms. The zero-order valence-corrected chi connectivity index (χ0v) is 11.6. The van der Waals surface area contributed by atoms with Crippen molar-refractivity contribution in [3.63, 3.8) is 0 Å². The molecule has 1 saturated heterocycles. The van der Waals surface area contributed by atoms with Crippen LogP contribution in [0, 0.1) is 0 Å². The van der Waals surface area contributed by atoms with Gasteiger partial charge in [0, 0.05) is 6.54 Å². The molecule has 1 aromatic carbocycles. The normalized spacial score (nSPS) is 17.8. The van der Waals surface area contributed by atoms with Gasteiger partial charge in [-0.3, -0.25) is 9.69 Å². The van der Waals surface area contributed by atoms with Crippen molar-refractivity contribution in [1.29, 1.82) is 0 Å². The largest absolute Gasteiger partial charge is 0.508 e. The van der Waals surface area contributed by atoms with Crippen molar-refractivity contribution in [3.05, 3.63) is 34.7 Å². The average Bonchev–Trinajstić information content (AvgIpc) is 2.60. The van der Waals surface area contributed by atoms with Crippen molar-refractivity contribution < 1.29 is 9.90 Å². The zero-order chi connectivity index (χ0) is 13.1. The lowest BCUT2D eigenvalue weighted by Gasteiger charge is -2.11. The van der Waals surface area contributed by atoms with Crippen LogP contribution in [0.25, 0.3) is 6.08 Å². The summed E-state index contributed by atoms with van der Waals surface area (Å²) in [4.78, 5) is 14.3. The summed E-state index contributed by atoms with van der Waals surface area (Å²) < 4.78 is 0.617. The number of aromatic hydroxyl groups is 1. The van der Waals surface area contributed by atoms with E-state index in [1.807, 2.05) is 6.92 Å². The minimum absolute atomic E-state index is 0.0278. The van der Waals surface area contributed by atoms with Crippen molar-refractivity contribution in [2.45, 2.75) is 13.3 Å². The molecule has 5 heteroatoms. The summed E-state index contributed by atoms with van der Waals surface area (Å²) in [6, 6.07) is 6.72. The summed E-state index contributed by atoms with van der Waals surface area (Å²) >= 11 is 6.51. The van der Waals surface area contributed by atoms with Crippen LogP contribution in [0.5, 0.6) is 5.75 Å². The number of rotatable bonds is 3. The molecular weight excluding hydrogens is 266 g/mol. The first-order valence-corrected chi connectivity index (χ1v) is 6.88.